The van der Waals surface area contributed by atoms with Gasteiger partial charge < -0.3 is 18.9 Å². The van der Waals surface area contributed by atoms with Crippen molar-refractivity contribution in [1.29, 1.82) is 0 Å². The summed E-state index contributed by atoms with van der Waals surface area (Å²) in [7, 11) is -0.332. The van der Waals surface area contributed by atoms with E-state index in [2.05, 4.69) is 46.5 Å². The summed E-state index contributed by atoms with van der Waals surface area (Å²) in [6.07, 6.45) is 1.69. The third kappa shape index (κ3) is 4.13. The molecule has 0 spiro atoms. The Balaban J connectivity index is 2.40. The highest BCUT2D eigenvalue weighted by Gasteiger charge is 2.45. The zero-order valence-electron chi connectivity index (χ0n) is 18.5. The summed E-state index contributed by atoms with van der Waals surface area (Å²) in [6.45, 7) is 16.4. The highest BCUT2D eigenvalue weighted by Crippen LogP contribution is 2.43. The van der Waals surface area contributed by atoms with Crippen LogP contribution in [0.15, 0.2) is 18.3 Å². The van der Waals surface area contributed by atoms with Gasteiger partial charge in [-0.15, -0.1) is 0 Å². The molecule has 1 aromatic carbocycles. The second-order valence-corrected chi connectivity index (χ2v) is 13.7. The molecule has 6 heteroatoms. The minimum Gasteiger partial charge on any atom is -0.496 e. The number of fused-ring (bicyclic) bond motifs is 1. The van der Waals surface area contributed by atoms with E-state index in [1.54, 1.807) is 20.2 Å². The fourth-order valence-corrected chi connectivity index (χ4v) is 10.0. The number of carbonyl (C=O) groups excluding carboxylic acids is 1. The molecule has 0 radical (unpaired) electrons. The number of aromatic nitrogens is 1. The zero-order chi connectivity index (χ0) is 21.1. The van der Waals surface area contributed by atoms with Crippen LogP contribution in [0, 0.1) is 0 Å². The predicted molar refractivity (Wildman–Crippen MR) is 117 cm³/mol. The third-order valence-corrected chi connectivity index (χ3v) is 11.8. The van der Waals surface area contributed by atoms with Crippen LogP contribution in [-0.2, 0) is 15.8 Å². The van der Waals surface area contributed by atoms with Gasteiger partial charge in [0, 0.05) is 6.20 Å². The summed E-state index contributed by atoms with van der Waals surface area (Å²) in [6, 6.07) is 4.01. The molecule has 0 saturated carbocycles. The minimum absolute atomic E-state index is 0.339. The number of hydrogen-bond acceptors (Lipinski definition) is 4. The fourth-order valence-electron chi connectivity index (χ4n) is 4.61. The Bertz CT molecular complexity index is 788. The molecular formula is C22H35NO4Si. The molecule has 1 heterocycles. The second-order valence-electron chi connectivity index (χ2n) is 8.25. The molecule has 1 aromatic heterocycles. The van der Waals surface area contributed by atoms with Crippen LogP contribution in [0.25, 0.3) is 10.9 Å². The van der Waals surface area contributed by atoms with Crippen LogP contribution in [0.2, 0.25) is 16.6 Å². The van der Waals surface area contributed by atoms with Crippen molar-refractivity contribution in [1.82, 2.24) is 4.98 Å². The summed E-state index contributed by atoms with van der Waals surface area (Å²) in [5.74, 6) is 0.313. The maximum absolute atomic E-state index is 12.2. The molecular weight excluding hydrogens is 370 g/mol. The lowest BCUT2D eigenvalue weighted by Crippen LogP contribution is -2.47. The monoisotopic (exact) mass is 405 g/mol. The van der Waals surface area contributed by atoms with Gasteiger partial charge in [-0.05, 0) is 41.2 Å². The van der Waals surface area contributed by atoms with Crippen LogP contribution in [0.5, 0.6) is 5.75 Å². The van der Waals surface area contributed by atoms with E-state index >= 15 is 0 Å². The van der Waals surface area contributed by atoms with Crippen molar-refractivity contribution in [3.8, 4) is 5.75 Å². The molecule has 2 aromatic rings. The van der Waals surface area contributed by atoms with Crippen LogP contribution in [-0.4, -0.2) is 33.0 Å². The first-order chi connectivity index (χ1) is 13.2. The highest BCUT2D eigenvalue weighted by atomic mass is 28.4. The van der Waals surface area contributed by atoms with Gasteiger partial charge in [0.2, 0.25) is 8.32 Å². The number of nitrogens with one attached hydrogen (secondary N) is 1. The molecule has 2 rings (SSSR count). The van der Waals surface area contributed by atoms with E-state index in [9.17, 15) is 4.79 Å². The lowest BCUT2D eigenvalue weighted by molar-refractivity contribution is 0.0528. The van der Waals surface area contributed by atoms with Gasteiger partial charge in [-0.3, -0.25) is 0 Å². The van der Waals surface area contributed by atoms with E-state index < -0.39 is 8.32 Å². The van der Waals surface area contributed by atoms with Gasteiger partial charge in [-0.25, -0.2) is 4.79 Å². The molecule has 0 aliphatic carbocycles. The summed E-state index contributed by atoms with van der Waals surface area (Å²) < 4.78 is 17.5. The van der Waals surface area contributed by atoms with E-state index in [4.69, 9.17) is 13.9 Å². The molecule has 0 aliphatic rings. The van der Waals surface area contributed by atoms with E-state index in [-0.39, 0.29) is 5.97 Å². The highest BCUT2D eigenvalue weighted by molar-refractivity contribution is 6.77. The smallest absolute Gasteiger partial charge is 0.340 e. The van der Waals surface area contributed by atoms with Gasteiger partial charge >= 0.3 is 5.97 Å². The number of esters is 1. The minimum atomic E-state index is -1.95. The standard InChI is InChI=1S/C22H35NO4Si/c1-9-26-22(24)18-12-23-19-10-17(11-20(25-8)21(18)19)13-27-28(14(2)3,15(4)5)16(6)7/h10-12,14-16,23H,9,13H2,1-8H3. The number of benzene rings is 1. The second kappa shape index (κ2) is 9.14. The van der Waals surface area contributed by atoms with Gasteiger partial charge in [0.1, 0.15) is 5.75 Å². The topological polar surface area (TPSA) is 60.6 Å². The molecule has 0 amide bonds. The fraction of sp³-hybridized carbons (Fsp3) is 0.591. The van der Waals surface area contributed by atoms with Gasteiger partial charge in [0.05, 0.1) is 36.8 Å². The SMILES string of the molecule is CCOC(=O)c1c[nH]c2cc(CO[Si](C(C)C)(C(C)C)C(C)C)cc(OC)c12. The van der Waals surface area contributed by atoms with Crippen LogP contribution in [0.1, 0.15) is 64.4 Å². The van der Waals surface area contributed by atoms with Crippen LogP contribution in [0.4, 0.5) is 0 Å². The van der Waals surface area contributed by atoms with Crippen LogP contribution >= 0.6 is 0 Å². The Morgan fingerprint density at radius 2 is 1.68 bits per heavy atom. The van der Waals surface area contributed by atoms with Crippen molar-refractivity contribution in [2.75, 3.05) is 13.7 Å². The molecule has 5 nitrogen and oxygen atoms in total. The first kappa shape index (κ1) is 22.5. The van der Waals surface area contributed by atoms with E-state index in [1.165, 1.54) is 0 Å². The Hall–Kier alpha value is -1.79. The predicted octanol–water partition coefficient (Wildman–Crippen LogP) is 6.05. The maximum atomic E-state index is 12.2. The van der Waals surface area contributed by atoms with Gasteiger partial charge in [-0.2, -0.15) is 0 Å². The summed E-state index contributed by atoms with van der Waals surface area (Å²) in [4.78, 5) is 15.4. The van der Waals surface area contributed by atoms with E-state index in [1.807, 2.05) is 12.1 Å². The molecule has 0 aliphatic heterocycles. The number of ether oxygens (including phenoxy) is 2. The first-order valence-electron chi connectivity index (χ1n) is 10.2. The Kier molecular flexibility index (Phi) is 7.34. The third-order valence-electron chi connectivity index (χ3n) is 5.71. The van der Waals surface area contributed by atoms with Crippen molar-refractivity contribution in [3.63, 3.8) is 0 Å². The number of methoxy groups -OCH3 is 1. The molecule has 0 atom stereocenters. The number of rotatable bonds is 9. The van der Waals surface area contributed by atoms with Crippen molar-refractivity contribution in [2.24, 2.45) is 0 Å². The molecule has 156 valence electrons. The van der Waals surface area contributed by atoms with Gasteiger partial charge in [0.15, 0.2) is 0 Å². The summed E-state index contributed by atoms with van der Waals surface area (Å²) in [5.41, 5.74) is 3.97. The number of H-pyrrole nitrogens is 1. The van der Waals surface area contributed by atoms with Crippen LogP contribution < -0.4 is 4.74 Å². The molecule has 0 fully saturated rings. The normalized spacial score (nSPS) is 12.4. The molecule has 0 saturated heterocycles. The molecule has 0 bridgehead atoms. The average molecular weight is 406 g/mol. The van der Waals surface area contributed by atoms with Crippen molar-refractivity contribution < 1.29 is 18.7 Å². The average Bonchev–Trinajstić information content (AvgIpc) is 3.05. The first-order valence-corrected chi connectivity index (χ1v) is 12.3. The van der Waals surface area contributed by atoms with Crippen molar-refractivity contribution in [2.45, 2.75) is 71.7 Å². The largest absolute Gasteiger partial charge is 0.496 e. The Labute approximate surface area is 169 Å². The lowest BCUT2D eigenvalue weighted by atomic mass is 10.1. The number of hydrogen-bond donors (Lipinski definition) is 1. The molecule has 0 unspecified atom stereocenters. The van der Waals surface area contributed by atoms with Crippen LogP contribution in [0.3, 0.4) is 0 Å². The van der Waals surface area contributed by atoms with E-state index in [0.717, 1.165) is 16.5 Å². The van der Waals surface area contributed by atoms with E-state index in [0.29, 0.717) is 41.2 Å². The summed E-state index contributed by atoms with van der Waals surface area (Å²) in [5, 5.41) is 0.754. The maximum Gasteiger partial charge on any atom is 0.340 e. The van der Waals surface area contributed by atoms with Gasteiger partial charge in [0.25, 0.3) is 0 Å². The quantitative estimate of drug-likeness (QED) is 0.408. The molecule has 28 heavy (non-hydrogen) atoms. The number of aromatic amines is 1. The Morgan fingerprint density at radius 1 is 1.07 bits per heavy atom. The zero-order valence-corrected chi connectivity index (χ0v) is 19.5. The summed E-state index contributed by atoms with van der Waals surface area (Å²) >= 11 is 0. The molecule has 1 N–H and O–H groups in total. The Morgan fingerprint density at radius 3 is 2.18 bits per heavy atom. The van der Waals surface area contributed by atoms with Gasteiger partial charge in [-0.1, -0.05) is 41.5 Å². The van der Waals surface area contributed by atoms with Crippen molar-refractivity contribution in [3.05, 3.63) is 29.5 Å². The number of carbonyl (C=O) groups is 1. The van der Waals surface area contributed by atoms with Crippen molar-refractivity contribution >= 4 is 25.2 Å². The lowest BCUT2D eigenvalue weighted by Gasteiger charge is -2.42.